The second-order valence-electron chi connectivity index (χ2n) is 6.07. The molecule has 0 radical (unpaired) electrons. The first-order chi connectivity index (χ1) is 12.9. The molecule has 146 valence electrons. The molecule has 2 aromatic heterocycles. The zero-order valence-corrected chi connectivity index (χ0v) is 14.7. The number of aromatic nitrogens is 5. The zero-order chi connectivity index (χ0) is 19.7. The predicted octanol–water partition coefficient (Wildman–Crippen LogP) is -1.76. The number of aryl methyl sites for hydroxylation is 1. The van der Waals surface area contributed by atoms with E-state index in [1.54, 1.807) is 6.92 Å². The number of rotatable bonds is 5. The van der Waals surface area contributed by atoms with E-state index >= 15 is 0 Å². The maximum absolute atomic E-state index is 12.1. The summed E-state index contributed by atoms with van der Waals surface area (Å²) in [5, 5.41) is 26.7. The molecule has 0 aromatic carbocycles. The molecule has 3 N–H and O–H groups in total. The van der Waals surface area contributed by atoms with E-state index in [0.717, 1.165) is 0 Å². The van der Waals surface area contributed by atoms with Crippen molar-refractivity contribution in [2.45, 2.75) is 38.3 Å². The van der Waals surface area contributed by atoms with Crippen molar-refractivity contribution < 1.29 is 24.5 Å². The average Bonchev–Trinajstić information content (AvgIpc) is 3.27. The zero-order valence-electron chi connectivity index (χ0n) is 14.7. The molecular formula is C15H19N5O7. The number of esters is 1. The van der Waals surface area contributed by atoms with E-state index in [1.807, 2.05) is 0 Å². The van der Waals surface area contributed by atoms with Crippen LogP contribution in [-0.4, -0.2) is 60.5 Å². The van der Waals surface area contributed by atoms with Crippen molar-refractivity contribution in [1.29, 1.82) is 0 Å². The lowest BCUT2D eigenvalue weighted by Gasteiger charge is -2.17. The summed E-state index contributed by atoms with van der Waals surface area (Å²) in [6.07, 6.45) is -0.0765. The molecule has 3 heterocycles. The standard InChI is InChI=1S/C15H19N5O7/c1-7-4-19(15(25)16-13(7)23)11-3-9(10(6-22)27-11)20-12(14(24)26-2)8(5-21)17-18-20/h4,9-11,21-22H,3,5-6H2,1-2H3,(H,16,23,25)/t9-,10+,11+/m0/s1. The van der Waals surface area contributed by atoms with Crippen LogP contribution in [0.2, 0.25) is 0 Å². The van der Waals surface area contributed by atoms with Crippen molar-refractivity contribution >= 4 is 5.97 Å². The highest BCUT2D eigenvalue weighted by Gasteiger charge is 2.40. The van der Waals surface area contributed by atoms with Crippen LogP contribution in [0.5, 0.6) is 0 Å². The molecule has 1 fully saturated rings. The second-order valence-corrected chi connectivity index (χ2v) is 6.07. The molecule has 0 amide bonds. The van der Waals surface area contributed by atoms with E-state index < -0.39 is 48.8 Å². The predicted molar refractivity (Wildman–Crippen MR) is 88.0 cm³/mol. The van der Waals surface area contributed by atoms with Gasteiger partial charge in [0, 0.05) is 18.2 Å². The first-order valence-corrected chi connectivity index (χ1v) is 8.12. The van der Waals surface area contributed by atoms with Gasteiger partial charge in [-0.25, -0.2) is 14.3 Å². The van der Waals surface area contributed by atoms with E-state index in [4.69, 9.17) is 9.47 Å². The van der Waals surface area contributed by atoms with Crippen LogP contribution < -0.4 is 11.2 Å². The van der Waals surface area contributed by atoms with E-state index in [-0.39, 0.29) is 17.8 Å². The Bertz CT molecular complexity index is 962. The number of nitrogens with zero attached hydrogens (tertiary/aromatic N) is 4. The fourth-order valence-corrected chi connectivity index (χ4v) is 3.08. The highest BCUT2D eigenvalue weighted by Crippen LogP contribution is 2.36. The minimum Gasteiger partial charge on any atom is -0.464 e. The summed E-state index contributed by atoms with van der Waals surface area (Å²) in [6.45, 7) is 0.613. The van der Waals surface area contributed by atoms with Gasteiger partial charge in [-0.1, -0.05) is 5.21 Å². The van der Waals surface area contributed by atoms with Crippen LogP contribution in [0.15, 0.2) is 15.8 Å². The third kappa shape index (κ3) is 3.29. The van der Waals surface area contributed by atoms with Gasteiger partial charge in [-0.3, -0.25) is 14.3 Å². The van der Waals surface area contributed by atoms with Crippen molar-refractivity contribution in [2.75, 3.05) is 13.7 Å². The van der Waals surface area contributed by atoms with Gasteiger partial charge >= 0.3 is 11.7 Å². The van der Waals surface area contributed by atoms with E-state index in [1.165, 1.54) is 22.6 Å². The summed E-state index contributed by atoms with van der Waals surface area (Å²) in [7, 11) is 1.18. The molecule has 0 spiro atoms. The Morgan fingerprint density at radius 3 is 2.81 bits per heavy atom. The summed E-state index contributed by atoms with van der Waals surface area (Å²) >= 11 is 0. The van der Waals surface area contributed by atoms with Crippen molar-refractivity contribution in [3.63, 3.8) is 0 Å². The summed E-state index contributed by atoms with van der Waals surface area (Å²) in [5.74, 6) is -0.749. The first-order valence-electron chi connectivity index (χ1n) is 8.12. The second kappa shape index (κ2) is 7.42. The molecular weight excluding hydrogens is 362 g/mol. The molecule has 0 aliphatic carbocycles. The molecule has 3 rings (SSSR count). The number of carbonyl (C=O) groups is 1. The number of carbonyl (C=O) groups excluding carboxylic acids is 1. The van der Waals surface area contributed by atoms with E-state index in [0.29, 0.717) is 5.56 Å². The number of aliphatic hydroxyl groups excluding tert-OH is 2. The lowest BCUT2D eigenvalue weighted by molar-refractivity contribution is -0.0325. The Morgan fingerprint density at radius 1 is 1.44 bits per heavy atom. The molecule has 12 nitrogen and oxygen atoms in total. The Hall–Kier alpha value is -2.83. The molecule has 12 heteroatoms. The highest BCUT2D eigenvalue weighted by atomic mass is 16.5. The number of hydrogen-bond donors (Lipinski definition) is 3. The van der Waals surface area contributed by atoms with Gasteiger partial charge in [-0.05, 0) is 6.92 Å². The van der Waals surface area contributed by atoms with Gasteiger partial charge in [-0.15, -0.1) is 5.10 Å². The van der Waals surface area contributed by atoms with Crippen LogP contribution in [0.3, 0.4) is 0 Å². The Kier molecular flexibility index (Phi) is 5.21. The van der Waals surface area contributed by atoms with Crippen molar-refractivity contribution in [3.8, 4) is 0 Å². The lowest BCUT2D eigenvalue weighted by atomic mass is 10.1. The first kappa shape index (κ1) is 18.9. The van der Waals surface area contributed by atoms with Crippen LogP contribution in [0.25, 0.3) is 0 Å². The van der Waals surface area contributed by atoms with Crippen LogP contribution >= 0.6 is 0 Å². The number of H-pyrrole nitrogens is 1. The van der Waals surface area contributed by atoms with Crippen molar-refractivity contribution in [3.05, 3.63) is 44.0 Å². The Balaban J connectivity index is 2.00. The van der Waals surface area contributed by atoms with Crippen LogP contribution in [0.4, 0.5) is 0 Å². The largest absolute Gasteiger partial charge is 0.464 e. The van der Waals surface area contributed by atoms with Crippen molar-refractivity contribution in [1.82, 2.24) is 24.5 Å². The molecule has 3 atom stereocenters. The molecule has 0 bridgehead atoms. The molecule has 27 heavy (non-hydrogen) atoms. The normalized spacial score (nSPS) is 22.1. The number of aliphatic hydroxyl groups is 2. The van der Waals surface area contributed by atoms with Crippen LogP contribution in [-0.2, 0) is 16.1 Å². The molecule has 1 aliphatic rings. The maximum atomic E-state index is 12.1. The van der Waals surface area contributed by atoms with Gasteiger partial charge in [0.1, 0.15) is 18.0 Å². The average molecular weight is 381 g/mol. The Labute approximate surface area is 152 Å². The number of aromatic amines is 1. The smallest absolute Gasteiger partial charge is 0.358 e. The van der Waals surface area contributed by atoms with Gasteiger partial charge < -0.3 is 19.7 Å². The summed E-state index contributed by atoms with van der Waals surface area (Å²) < 4.78 is 12.9. The van der Waals surface area contributed by atoms with Gasteiger partial charge in [0.15, 0.2) is 5.69 Å². The molecule has 1 aliphatic heterocycles. The minimum absolute atomic E-state index is 0.0269. The Morgan fingerprint density at radius 2 is 2.19 bits per heavy atom. The molecule has 1 saturated heterocycles. The summed E-state index contributed by atoms with van der Waals surface area (Å²) in [5.41, 5.74) is -0.866. The third-order valence-corrected chi connectivity index (χ3v) is 4.45. The maximum Gasteiger partial charge on any atom is 0.358 e. The lowest BCUT2D eigenvalue weighted by Crippen LogP contribution is -2.33. The number of hydrogen-bond acceptors (Lipinski definition) is 9. The van der Waals surface area contributed by atoms with Gasteiger partial charge in [-0.2, -0.15) is 0 Å². The number of nitrogens with one attached hydrogen (secondary N) is 1. The SMILES string of the molecule is COC(=O)c1c(CO)nnn1[C@H]1C[C@H](n2cc(C)c(=O)[nH]c2=O)O[C@@H]1CO. The number of methoxy groups -OCH3 is 1. The van der Waals surface area contributed by atoms with Gasteiger partial charge in [0.05, 0.1) is 26.4 Å². The van der Waals surface area contributed by atoms with Crippen LogP contribution in [0.1, 0.15) is 40.4 Å². The highest BCUT2D eigenvalue weighted by molar-refractivity contribution is 5.88. The quantitative estimate of drug-likeness (QED) is 0.509. The summed E-state index contributed by atoms with van der Waals surface area (Å²) in [6, 6.07) is -0.652. The van der Waals surface area contributed by atoms with Gasteiger partial charge in [0.2, 0.25) is 0 Å². The third-order valence-electron chi connectivity index (χ3n) is 4.45. The van der Waals surface area contributed by atoms with E-state index in [9.17, 15) is 24.6 Å². The molecule has 2 aromatic rings. The van der Waals surface area contributed by atoms with Crippen LogP contribution in [0, 0.1) is 6.92 Å². The fraction of sp³-hybridized carbons (Fsp3) is 0.533. The number of ether oxygens (including phenoxy) is 2. The topological polar surface area (TPSA) is 162 Å². The summed E-state index contributed by atoms with van der Waals surface area (Å²) in [4.78, 5) is 37.9. The fourth-order valence-electron chi connectivity index (χ4n) is 3.08. The van der Waals surface area contributed by atoms with Gasteiger partial charge in [0.25, 0.3) is 5.56 Å². The molecule has 0 saturated carbocycles. The monoisotopic (exact) mass is 381 g/mol. The molecule has 0 unspecified atom stereocenters. The van der Waals surface area contributed by atoms with Crippen molar-refractivity contribution in [2.24, 2.45) is 0 Å². The van der Waals surface area contributed by atoms with E-state index in [2.05, 4.69) is 15.3 Å². The minimum atomic E-state index is -0.803.